The fourth-order valence-corrected chi connectivity index (χ4v) is 4.50. The van der Waals surface area contributed by atoms with Gasteiger partial charge in [0, 0.05) is 26.2 Å². The van der Waals surface area contributed by atoms with Crippen molar-refractivity contribution in [3.05, 3.63) is 0 Å². The molecule has 0 radical (unpaired) electrons. The van der Waals surface area contributed by atoms with Gasteiger partial charge in [0.1, 0.15) is 0 Å². The first-order chi connectivity index (χ1) is 9.61. The summed E-state index contributed by atoms with van der Waals surface area (Å²) in [6, 6.07) is 0. The zero-order valence-corrected chi connectivity index (χ0v) is 12.1. The van der Waals surface area contributed by atoms with Gasteiger partial charge in [-0.1, -0.05) is 6.92 Å². The third kappa shape index (κ3) is 2.22. The summed E-state index contributed by atoms with van der Waals surface area (Å²) in [6.45, 7) is 6.50. The molecule has 20 heavy (non-hydrogen) atoms. The molecule has 3 rings (SSSR count). The molecule has 1 heterocycles. The number of aliphatic carboxylic acids is 1. The highest BCUT2D eigenvalue weighted by Gasteiger charge is 2.54. The van der Waals surface area contributed by atoms with E-state index in [1.165, 1.54) is 0 Å². The molecule has 0 aromatic heterocycles. The van der Waals surface area contributed by atoms with Crippen molar-refractivity contribution in [1.82, 2.24) is 9.80 Å². The number of piperazine rings is 1. The molecule has 5 nitrogen and oxygen atoms in total. The molecule has 3 fully saturated rings. The minimum atomic E-state index is -0.761. The van der Waals surface area contributed by atoms with E-state index in [0.717, 1.165) is 52.0 Å². The molecule has 1 amide bonds. The van der Waals surface area contributed by atoms with Gasteiger partial charge in [0.2, 0.25) is 5.91 Å². The molecule has 3 aliphatic rings. The van der Waals surface area contributed by atoms with E-state index in [2.05, 4.69) is 11.8 Å². The van der Waals surface area contributed by atoms with Crippen LogP contribution < -0.4 is 0 Å². The van der Waals surface area contributed by atoms with Crippen molar-refractivity contribution in [3.63, 3.8) is 0 Å². The minimum absolute atomic E-state index is 0.111. The number of likely N-dealkylation sites (N-methyl/N-ethyl adjacent to an activating group) is 1. The predicted molar refractivity (Wildman–Crippen MR) is 74.1 cm³/mol. The van der Waals surface area contributed by atoms with Crippen molar-refractivity contribution in [2.75, 3.05) is 32.7 Å². The lowest BCUT2D eigenvalue weighted by atomic mass is 9.78. The standard InChI is InChI=1S/C15H24N2O3/c1-2-16-5-7-17(8-6-16)14(18)12-10-3-4-11(9-10)13(12)15(19)20/h10-13H,2-9H2,1H3,(H,19,20)/t10-,11+,12+,13+/m1/s1. The van der Waals surface area contributed by atoms with Gasteiger partial charge in [-0.15, -0.1) is 0 Å². The highest BCUT2D eigenvalue weighted by Crippen LogP contribution is 2.52. The Morgan fingerprint density at radius 1 is 1.05 bits per heavy atom. The number of carboxylic acids is 1. The first-order valence-electron chi connectivity index (χ1n) is 7.85. The molecule has 5 heteroatoms. The van der Waals surface area contributed by atoms with Gasteiger partial charge in [-0.2, -0.15) is 0 Å². The molecule has 2 aliphatic carbocycles. The molecule has 112 valence electrons. The summed E-state index contributed by atoms with van der Waals surface area (Å²) in [7, 11) is 0. The van der Waals surface area contributed by atoms with Crippen molar-refractivity contribution in [2.45, 2.75) is 26.2 Å². The Bertz CT molecular complexity index is 404. The Morgan fingerprint density at radius 3 is 2.20 bits per heavy atom. The van der Waals surface area contributed by atoms with Gasteiger partial charge in [0.25, 0.3) is 0 Å². The third-order valence-corrected chi connectivity index (χ3v) is 5.62. The number of fused-ring (bicyclic) bond motifs is 2. The second kappa shape index (κ2) is 5.35. The molecular formula is C15H24N2O3. The molecule has 0 aromatic carbocycles. The number of amides is 1. The van der Waals surface area contributed by atoms with Gasteiger partial charge in [-0.05, 0) is 37.6 Å². The van der Waals surface area contributed by atoms with Crippen molar-refractivity contribution in [3.8, 4) is 0 Å². The lowest BCUT2D eigenvalue weighted by Crippen LogP contribution is -2.52. The molecule has 0 spiro atoms. The van der Waals surface area contributed by atoms with E-state index in [0.29, 0.717) is 5.92 Å². The predicted octanol–water partition coefficient (Wildman–Crippen LogP) is 0.897. The van der Waals surface area contributed by atoms with Gasteiger partial charge < -0.3 is 14.9 Å². The maximum atomic E-state index is 12.7. The molecule has 2 saturated carbocycles. The molecule has 0 aromatic rings. The monoisotopic (exact) mass is 280 g/mol. The summed E-state index contributed by atoms with van der Waals surface area (Å²) < 4.78 is 0. The number of carbonyl (C=O) groups is 2. The number of carboxylic acid groups (broad SMARTS) is 1. The Morgan fingerprint density at radius 2 is 1.65 bits per heavy atom. The zero-order valence-electron chi connectivity index (χ0n) is 12.1. The SMILES string of the molecule is CCN1CCN(C(=O)[C@H]2[C@@H]3CC[C@@H](C3)[C@@H]2C(=O)O)CC1. The topological polar surface area (TPSA) is 60.9 Å². The summed E-state index contributed by atoms with van der Waals surface area (Å²) in [5.41, 5.74) is 0. The van der Waals surface area contributed by atoms with Crippen LogP contribution >= 0.6 is 0 Å². The van der Waals surface area contributed by atoms with E-state index in [9.17, 15) is 14.7 Å². The van der Waals surface area contributed by atoms with Crippen LogP contribution in [-0.2, 0) is 9.59 Å². The minimum Gasteiger partial charge on any atom is -0.481 e. The van der Waals surface area contributed by atoms with E-state index in [4.69, 9.17) is 0 Å². The summed E-state index contributed by atoms with van der Waals surface area (Å²) in [6.07, 6.45) is 2.98. The normalized spacial score (nSPS) is 37.4. The smallest absolute Gasteiger partial charge is 0.307 e. The third-order valence-electron chi connectivity index (χ3n) is 5.62. The van der Waals surface area contributed by atoms with E-state index in [1.54, 1.807) is 0 Å². The summed E-state index contributed by atoms with van der Waals surface area (Å²) in [4.78, 5) is 28.5. The van der Waals surface area contributed by atoms with Crippen molar-refractivity contribution >= 4 is 11.9 Å². The molecule has 2 bridgehead atoms. The van der Waals surface area contributed by atoms with Crippen LogP contribution in [0.25, 0.3) is 0 Å². The number of hydrogen-bond acceptors (Lipinski definition) is 3. The maximum Gasteiger partial charge on any atom is 0.307 e. The van der Waals surface area contributed by atoms with E-state index in [-0.39, 0.29) is 17.7 Å². The van der Waals surface area contributed by atoms with Crippen LogP contribution in [0.4, 0.5) is 0 Å². The number of nitrogens with zero attached hydrogens (tertiary/aromatic N) is 2. The second-order valence-electron chi connectivity index (χ2n) is 6.48. The van der Waals surface area contributed by atoms with Crippen LogP contribution in [0.3, 0.4) is 0 Å². The van der Waals surface area contributed by atoms with Gasteiger partial charge in [0.05, 0.1) is 11.8 Å². The quantitative estimate of drug-likeness (QED) is 0.834. The fourth-order valence-electron chi connectivity index (χ4n) is 4.50. The molecule has 0 unspecified atom stereocenters. The molecule has 1 N–H and O–H groups in total. The highest BCUT2D eigenvalue weighted by molar-refractivity contribution is 5.86. The number of rotatable bonds is 3. The first kappa shape index (κ1) is 13.9. The van der Waals surface area contributed by atoms with E-state index in [1.807, 2.05) is 4.90 Å². The van der Waals surface area contributed by atoms with Gasteiger partial charge in [-0.3, -0.25) is 9.59 Å². The van der Waals surface area contributed by atoms with Crippen molar-refractivity contribution < 1.29 is 14.7 Å². The van der Waals surface area contributed by atoms with E-state index < -0.39 is 11.9 Å². The van der Waals surface area contributed by atoms with Crippen molar-refractivity contribution in [1.29, 1.82) is 0 Å². The second-order valence-corrected chi connectivity index (χ2v) is 6.48. The Balaban J connectivity index is 1.69. The van der Waals surface area contributed by atoms with Crippen LogP contribution in [-0.4, -0.2) is 59.5 Å². The average molecular weight is 280 g/mol. The zero-order chi connectivity index (χ0) is 14.3. The van der Waals surface area contributed by atoms with Gasteiger partial charge in [-0.25, -0.2) is 0 Å². The molecular weight excluding hydrogens is 256 g/mol. The Kier molecular flexibility index (Phi) is 3.71. The van der Waals surface area contributed by atoms with Crippen LogP contribution in [0.15, 0.2) is 0 Å². The van der Waals surface area contributed by atoms with Crippen LogP contribution in [0.2, 0.25) is 0 Å². The Hall–Kier alpha value is -1.10. The lowest BCUT2D eigenvalue weighted by molar-refractivity contribution is -0.153. The lowest BCUT2D eigenvalue weighted by Gasteiger charge is -2.38. The maximum absolute atomic E-state index is 12.7. The largest absolute Gasteiger partial charge is 0.481 e. The Labute approximate surface area is 119 Å². The summed E-state index contributed by atoms with van der Waals surface area (Å²) in [5.74, 6) is -0.769. The van der Waals surface area contributed by atoms with Gasteiger partial charge >= 0.3 is 5.97 Å². The summed E-state index contributed by atoms with van der Waals surface area (Å²) >= 11 is 0. The van der Waals surface area contributed by atoms with Crippen LogP contribution in [0, 0.1) is 23.7 Å². The van der Waals surface area contributed by atoms with Crippen molar-refractivity contribution in [2.24, 2.45) is 23.7 Å². The first-order valence-corrected chi connectivity index (χ1v) is 7.85. The fraction of sp³-hybridized carbons (Fsp3) is 0.867. The van der Waals surface area contributed by atoms with Gasteiger partial charge in [0.15, 0.2) is 0 Å². The average Bonchev–Trinajstić information content (AvgIpc) is 3.07. The molecule has 1 aliphatic heterocycles. The number of hydrogen-bond donors (Lipinski definition) is 1. The summed E-state index contributed by atoms with van der Waals surface area (Å²) in [5, 5.41) is 9.45. The highest BCUT2D eigenvalue weighted by atomic mass is 16.4. The van der Waals surface area contributed by atoms with Crippen LogP contribution in [0.5, 0.6) is 0 Å². The van der Waals surface area contributed by atoms with E-state index >= 15 is 0 Å². The number of carbonyl (C=O) groups excluding carboxylic acids is 1. The van der Waals surface area contributed by atoms with Crippen LogP contribution in [0.1, 0.15) is 26.2 Å². The molecule has 1 saturated heterocycles. The molecule has 4 atom stereocenters.